The van der Waals surface area contributed by atoms with Crippen LogP contribution in [-0.2, 0) is 66.2 Å². The first-order valence-corrected chi connectivity index (χ1v) is 31.3. The zero-order valence-corrected chi connectivity index (χ0v) is 54.5. The van der Waals surface area contributed by atoms with Crippen LogP contribution in [0.15, 0.2) is 85.1 Å². The minimum absolute atomic E-state index is 0.0354. The monoisotopic (exact) mass is 1360 g/mol. The molecule has 0 radical (unpaired) electrons. The number of hydrogen-bond acceptors (Lipinski definition) is 22. The standard InChI is InChI=1S/C65H72N16O18/c1-7-80-42(24-33(3)74-80)59-69-31-39-38-27-36(57(66)89)29-45(95-6)51(38)78(60(39)72-59)20-9-10-21-79-52-41(71-64(79)73-61(91)43-25-34(4)75-81(43)8-2)28-37(58(67)90)30-46(52)96-23-11-19-76(5)65(94)97-32-35-12-13-44(98-63-55(88)53(86)54(87)56(99-63)62(92)93)40(26-35)70-48(83)16-18-68-47(82)17-22-77-49(84)14-15-50(77)85/h9-10,12-15,24-31,53-56,63,86-88H,7-8,11,16-23,32H2,1-6H3,(H2,66,89)(H2,67,90)(H,68,82)(H,70,83)(H,92,93)(H,71,73,91)/b10-9+/t53-,54-,55+,56-,63+/m0/s1. The Balaban J connectivity index is 0.859. The van der Waals surface area contributed by atoms with Crippen molar-refractivity contribution in [2.75, 3.05) is 51.0 Å². The Morgan fingerprint density at radius 3 is 2.14 bits per heavy atom. The van der Waals surface area contributed by atoms with Crippen LogP contribution < -0.4 is 41.6 Å². The van der Waals surface area contributed by atoms with Crippen molar-refractivity contribution in [2.45, 2.75) is 110 Å². The Kier molecular flexibility index (Phi) is 21.4. The molecule has 0 spiro atoms. The summed E-state index contributed by atoms with van der Waals surface area (Å²) in [5.41, 5.74) is 16.1. The van der Waals surface area contributed by atoms with Gasteiger partial charge in [-0.05, 0) is 88.2 Å². The highest BCUT2D eigenvalue weighted by Crippen LogP contribution is 2.38. The molecule has 3 aromatic carbocycles. The fraction of sp³-hybridized carbons (Fsp3) is 0.354. The molecule has 11 N–H and O–H groups in total. The number of carboxylic acids is 1. The van der Waals surface area contributed by atoms with Gasteiger partial charge in [-0.1, -0.05) is 18.2 Å². The molecule has 7 heterocycles. The predicted molar refractivity (Wildman–Crippen MR) is 351 cm³/mol. The van der Waals surface area contributed by atoms with E-state index in [4.69, 9.17) is 50.1 Å². The Morgan fingerprint density at radius 1 is 0.758 bits per heavy atom. The number of allylic oxidation sites excluding steroid dienone is 2. The summed E-state index contributed by atoms with van der Waals surface area (Å²) in [6.45, 7) is 7.81. The number of aliphatic carboxylic acids is 1. The van der Waals surface area contributed by atoms with Gasteiger partial charge in [0, 0.05) is 106 Å². The van der Waals surface area contributed by atoms with Crippen molar-refractivity contribution >= 4 is 98.0 Å². The molecular weight excluding hydrogens is 1290 g/mol. The number of carbonyl (C=O) groups excluding carboxylic acids is 8. The molecule has 0 bridgehead atoms. The first kappa shape index (κ1) is 70.2. The number of primary amides is 2. The highest BCUT2D eigenvalue weighted by atomic mass is 16.7. The molecule has 34 nitrogen and oxygen atoms in total. The first-order chi connectivity index (χ1) is 47.4. The number of nitrogens with two attached hydrogens (primary N) is 2. The van der Waals surface area contributed by atoms with E-state index < -0.39 is 90.7 Å². The molecule has 5 aromatic heterocycles. The van der Waals surface area contributed by atoms with Crippen LogP contribution in [0.25, 0.3) is 44.5 Å². The lowest BCUT2D eigenvalue weighted by molar-refractivity contribution is -0.271. The van der Waals surface area contributed by atoms with E-state index in [0.29, 0.717) is 63.5 Å². The van der Waals surface area contributed by atoms with Crippen LogP contribution in [0, 0.1) is 13.8 Å². The number of nitrogens with one attached hydrogen (secondary N) is 3. The Labute approximate surface area is 562 Å². The van der Waals surface area contributed by atoms with E-state index in [0.717, 1.165) is 22.7 Å². The van der Waals surface area contributed by atoms with E-state index in [2.05, 4.69) is 26.1 Å². The predicted octanol–water partition coefficient (Wildman–Crippen LogP) is 2.43. The normalized spacial score (nSPS) is 16.8. The van der Waals surface area contributed by atoms with E-state index in [1.54, 1.807) is 45.3 Å². The first-order valence-electron chi connectivity index (χ1n) is 31.3. The number of nitrogens with zero attached hydrogens (tertiary/aromatic N) is 11. The third-order valence-corrected chi connectivity index (χ3v) is 16.2. The van der Waals surface area contributed by atoms with Gasteiger partial charge in [0.05, 0.1) is 41.8 Å². The van der Waals surface area contributed by atoms with Crippen LogP contribution in [0.3, 0.4) is 0 Å². The summed E-state index contributed by atoms with van der Waals surface area (Å²) in [6.07, 6.45) is -3.60. The quantitative estimate of drug-likeness (QED) is 0.0185. The van der Waals surface area contributed by atoms with Crippen molar-refractivity contribution in [1.29, 1.82) is 0 Å². The summed E-state index contributed by atoms with van der Waals surface area (Å²) in [5.74, 6) is -5.31. The maximum absolute atomic E-state index is 14.1. The van der Waals surface area contributed by atoms with E-state index in [-0.39, 0.29) is 110 Å². The van der Waals surface area contributed by atoms with Gasteiger partial charge >= 0.3 is 12.1 Å². The van der Waals surface area contributed by atoms with Crippen LogP contribution in [0.2, 0.25) is 0 Å². The number of carboxylic acid groups (broad SMARTS) is 1. The van der Waals surface area contributed by atoms with Gasteiger partial charge < -0.3 is 80.2 Å². The fourth-order valence-electron chi connectivity index (χ4n) is 11.2. The largest absolute Gasteiger partial charge is 0.495 e. The number of imidazole rings is 1. The number of rotatable bonds is 29. The molecule has 10 rings (SSSR count). The zero-order chi connectivity index (χ0) is 71.1. The highest BCUT2D eigenvalue weighted by molar-refractivity contribution is 6.13. The third kappa shape index (κ3) is 15.5. The molecule has 8 aromatic rings. The van der Waals surface area contributed by atoms with Crippen LogP contribution in [-0.4, -0.2) is 198 Å². The summed E-state index contributed by atoms with van der Waals surface area (Å²) in [7, 11) is 2.95. The van der Waals surface area contributed by atoms with E-state index in [9.17, 15) is 63.6 Å². The average molecular weight is 1370 g/mol. The summed E-state index contributed by atoms with van der Waals surface area (Å²) in [5, 5.41) is 59.3. The molecule has 34 heteroatoms. The molecule has 2 aliphatic heterocycles. The number of hydrogen-bond donors (Lipinski definition) is 9. The molecule has 1 fully saturated rings. The number of aryl methyl sites for hydroxylation is 4. The van der Waals surface area contributed by atoms with Crippen LogP contribution in [0.1, 0.15) is 81.3 Å². The minimum Gasteiger partial charge on any atom is -0.495 e. The topological polar surface area (TPSA) is 459 Å². The molecular formula is C65H72N16O18. The molecule has 2 aliphatic rings. The van der Waals surface area contributed by atoms with Gasteiger partial charge in [0.15, 0.2) is 11.9 Å². The number of carbonyl (C=O) groups is 9. The molecule has 0 aliphatic carbocycles. The van der Waals surface area contributed by atoms with Gasteiger partial charge in [-0.25, -0.2) is 24.5 Å². The second-order valence-electron chi connectivity index (χ2n) is 23.1. The van der Waals surface area contributed by atoms with Gasteiger partial charge in [-0.2, -0.15) is 10.2 Å². The molecule has 5 atom stereocenters. The molecule has 520 valence electrons. The average Bonchev–Trinajstić information content (AvgIpc) is 1.60. The van der Waals surface area contributed by atoms with Crippen LogP contribution in [0.5, 0.6) is 17.2 Å². The number of amides is 8. The van der Waals surface area contributed by atoms with Gasteiger partial charge in [-0.15, -0.1) is 0 Å². The Morgan fingerprint density at radius 2 is 1.44 bits per heavy atom. The number of aromatic nitrogens is 9. The molecule has 1 saturated heterocycles. The maximum atomic E-state index is 14.1. The Bertz CT molecular complexity index is 4550. The van der Waals surface area contributed by atoms with Gasteiger partial charge in [0.25, 0.3) is 17.7 Å². The van der Waals surface area contributed by atoms with Gasteiger partial charge in [0.1, 0.15) is 64.7 Å². The van der Waals surface area contributed by atoms with Crippen molar-refractivity contribution in [3.8, 4) is 28.8 Å². The van der Waals surface area contributed by atoms with Crippen molar-refractivity contribution in [2.24, 2.45) is 11.5 Å². The lowest BCUT2D eigenvalue weighted by Crippen LogP contribution is -2.61. The van der Waals surface area contributed by atoms with Crippen LogP contribution >= 0.6 is 0 Å². The Hall–Kier alpha value is -11.6. The number of imide groups is 1. The second kappa shape index (κ2) is 30.2. The number of anilines is 2. The number of aliphatic hydroxyl groups excluding tert-OH is 3. The summed E-state index contributed by atoms with van der Waals surface area (Å²) >= 11 is 0. The van der Waals surface area contributed by atoms with Crippen molar-refractivity contribution in [3.05, 3.63) is 119 Å². The number of methoxy groups -OCH3 is 1. The molecule has 8 amide bonds. The molecule has 99 heavy (non-hydrogen) atoms. The highest BCUT2D eigenvalue weighted by Gasteiger charge is 2.48. The smallest absolute Gasteiger partial charge is 0.409 e. The van der Waals surface area contributed by atoms with Crippen LogP contribution in [0.4, 0.5) is 16.4 Å². The van der Waals surface area contributed by atoms with E-state index in [1.165, 1.54) is 49.4 Å². The van der Waals surface area contributed by atoms with Crippen molar-refractivity contribution in [3.63, 3.8) is 0 Å². The molecule has 0 unspecified atom stereocenters. The fourth-order valence-corrected chi connectivity index (χ4v) is 11.2. The lowest BCUT2D eigenvalue weighted by Gasteiger charge is -2.38. The lowest BCUT2D eigenvalue weighted by atomic mass is 9.99. The zero-order valence-electron chi connectivity index (χ0n) is 54.5. The van der Waals surface area contributed by atoms with E-state index in [1.807, 2.05) is 43.6 Å². The van der Waals surface area contributed by atoms with Gasteiger partial charge in [0.2, 0.25) is 35.9 Å². The summed E-state index contributed by atoms with van der Waals surface area (Å²) < 4.78 is 35.9. The van der Waals surface area contributed by atoms with E-state index >= 15 is 0 Å². The number of benzene rings is 3. The number of fused-ring (bicyclic) bond motifs is 4. The second-order valence-corrected chi connectivity index (χ2v) is 23.1. The number of ether oxygens (including phenoxy) is 5. The minimum atomic E-state index is -2.03. The van der Waals surface area contributed by atoms with Crippen molar-refractivity contribution in [1.82, 2.24) is 58.8 Å². The number of aliphatic hydroxyl groups is 3. The van der Waals surface area contributed by atoms with Crippen molar-refractivity contribution < 1.29 is 87.3 Å². The summed E-state index contributed by atoms with van der Waals surface area (Å²) in [6, 6.07) is 13.7. The maximum Gasteiger partial charge on any atom is 0.409 e. The third-order valence-electron chi connectivity index (χ3n) is 16.2. The summed E-state index contributed by atoms with van der Waals surface area (Å²) in [4.78, 5) is 131. The molecule has 0 saturated carbocycles. The van der Waals surface area contributed by atoms with Gasteiger partial charge in [-0.3, -0.25) is 53.1 Å². The SMILES string of the molecule is CCn1nc(C)cc1C(=O)Nc1nc2cc(C(N)=O)cc(OCCCN(C)C(=O)OCc3ccc(O[C@@H]4O[C@H](C(=O)O)[C@@H](O)[C@H](O)[C@H]4O)c(NC(=O)CCNC(=O)CCN4C(=O)C=CC4=O)c3)c2n1C/C=C/Cn1c2nc(-c3cc(C)nn3CC)ncc2c2cc(C(N)=O)cc(OC)c21.